The second-order valence-electron chi connectivity index (χ2n) is 8.16. The Hall–Kier alpha value is -1.85. The molecule has 2 aliphatic rings. The molecule has 29 heavy (non-hydrogen) atoms. The summed E-state index contributed by atoms with van der Waals surface area (Å²) in [5.74, 6) is 0.241. The molecule has 1 saturated carbocycles. The van der Waals surface area contributed by atoms with Crippen molar-refractivity contribution in [1.82, 2.24) is 0 Å². The number of aliphatic hydroxyl groups excluding tert-OH is 1. The third-order valence-corrected chi connectivity index (χ3v) is 6.26. The van der Waals surface area contributed by atoms with Crippen LogP contribution in [0, 0.1) is 17.8 Å². The number of benzene rings is 1. The van der Waals surface area contributed by atoms with Gasteiger partial charge in [0.25, 0.3) is 0 Å². The predicted octanol–water partition coefficient (Wildman–Crippen LogP) is 4.66. The second-order valence-corrected chi connectivity index (χ2v) is 8.60. The Bertz CT molecular complexity index is 759. The van der Waals surface area contributed by atoms with E-state index >= 15 is 0 Å². The highest BCUT2D eigenvalue weighted by atomic mass is 35.5. The number of ketones is 1. The molecule has 0 amide bonds. The maximum atomic E-state index is 12.8. The summed E-state index contributed by atoms with van der Waals surface area (Å²) >= 11 is 5.93. The van der Waals surface area contributed by atoms with Crippen molar-refractivity contribution >= 4 is 23.4 Å². The monoisotopic (exact) mass is 420 g/mol. The van der Waals surface area contributed by atoms with E-state index in [2.05, 4.69) is 6.08 Å². The van der Waals surface area contributed by atoms with E-state index in [0.717, 1.165) is 19.3 Å². The number of rotatable bonds is 11. The van der Waals surface area contributed by atoms with Gasteiger partial charge in [-0.25, -0.2) is 0 Å². The minimum atomic E-state index is -0.754. The molecule has 0 saturated heterocycles. The summed E-state index contributed by atoms with van der Waals surface area (Å²) in [6.07, 6.45) is 6.83. The number of hydrogen-bond donors (Lipinski definition) is 2. The maximum absolute atomic E-state index is 12.8. The molecule has 1 aromatic rings. The Morgan fingerprint density at radius 3 is 2.76 bits per heavy atom. The topological polar surface area (TPSA) is 83.8 Å². The highest BCUT2D eigenvalue weighted by Gasteiger charge is 2.47. The smallest absolute Gasteiger partial charge is 0.303 e. The number of carboxylic acid groups (broad SMARTS) is 1. The molecule has 1 fully saturated rings. The lowest BCUT2D eigenvalue weighted by Crippen LogP contribution is -2.28. The fourth-order valence-corrected chi connectivity index (χ4v) is 4.90. The van der Waals surface area contributed by atoms with Crippen molar-refractivity contribution in [1.29, 1.82) is 0 Å². The highest BCUT2D eigenvalue weighted by Crippen LogP contribution is 2.48. The summed E-state index contributed by atoms with van der Waals surface area (Å²) in [5.41, 5.74) is 1.32. The average Bonchev–Trinajstić information content (AvgIpc) is 3.18. The number of allylic oxidation sites excluding steroid dienone is 2. The number of aliphatic hydroxyl groups is 1. The molecule has 3 rings (SSSR count). The molecule has 5 nitrogen and oxygen atoms in total. The van der Waals surface area contributed by atoms with Gasteiger partial charge >= 0.3 is 5.97 Å². The standard InChI is InChI=1S/C23H29ClO5/c24-17-6-3-7-18(14-17)29-10-4-8-20(25)23-19-12-15(5-1-2-9-22(27)28)11-16(19)13-21(23)26/h3,6-7,11,14,16,19,21,23,26H,1-2,4-5,8-10,12-13H2,(H,27,28)/t16-,19-,21+,23-/m1/s1. The first-order valence-corrected chi connectivity index (χ1v) is 10.8. The van der Waals surface area contributed by atoms with Gasteiger partial charge in [0.15, 0.2) is 0 Å². The molecular weight excluding hydrogens is 392 g/mol. The van der Waals surface area contributed by atoms with E-state index in [1.165, 1.54) is 5.57 Å². The zero-order valence-electron chi connectivity index (χ0n) is 16.6. The first-order valence-electron chi connectivity index (χ1n) is 10.4. The summed E-state index contributed by atoms with van der Waals surface area (Å²) in [6, 6.07) is 7.19. The van der Waals surface area contributed by atoms with E-state index in [9.17, 15) is 14.7 Å². The van der Waals surface area contributed by atoms with Crippen LogP contribution in [0.4, 0.5) is 0 Å². The Kier molecular flexibility index (Phi) is 7.73. The van der Waals surface area contributed by atoms with Crippen molar-refractivity contribution in [3.8, 4) is 5.75 Å². The van der Waals surface area contributed by atoms with Crippen LogP contribution in [-0.4, -0.2) is 34.7 Å². The summed E-state index contributed by atoms with van der Waals surface area (Å²) in [6.45, 7) is 0.441. The number of fused-ring (bicyclic) bond motifs is 1. The number of aliphatic carboxylic acids is 1. The number of carbonyl (C=O) groups excluding carboxylic acids is 1. The molecule has 2 aliphatic carbocycles. The third-order valence-electron chi connectivity index (χ3n) is 6.03. The van der Waals surface area contributed by atoms with Crippen LogP contribution in [0.15, 0.2) is 35.9 Å². The van der Waals surface area contributed by atoms with Gasteiger partial charge in [-0.15, -0.1) is 0 Å². The number of hydrogen-bond acceptors (Lipinski definition) is 4. The van der Waals surface area contributed by atoms with Gasteiger partial charge in [-0.1, -0.05) is 29.3 Å². The lowest BCUT2D eigenvalue weighted by molar-refractivity contribution is -0.137. The SMILES string of the molecule is O=C(O)CCCCC1=C[C@@H]2C[C@H](O)[C@@H](C(=O)CCCOc3cccc(Cl)c3)[C@@H]2C1. The minimum Gasteiger partial charge on any atom is -0.494 e. The van der Waals surface area contributed by atoms with E-state index in [1.807, 2.05) is 12.1 Å². The third kappa shape index (κ3) is 6.06. The summed E-state index contributed by atoms with van der Waals surface area (Å²) in [5, 5.41) is 19.8. The van der Waals surface area contributed by atoms with Gasteiger partial charge in [0.2, 0.25) is 0 Å². The van der Waals surface area contributed by atoms with Gasteiger partial charge < -0.3 is 14.9 Å². The van der Waals surface area contributed by atoms with Crippen molar-refractivity contribution in [3.63, 3.8) is 0 Å². The molecule has 0 spiro atoms. The number of carbonyl (C=O) groups is 2. The first kappa shape index (κ1) is 21.8. The molecule has 2 N–H and O–H groups in total. The van der Waals surface area contributed by atoms with Gasteiger partial charge in [0.1, 0.15) is 11.5 Å². The van der Waals surface area contributed by atoms with E-state index in [-0.39, 0.29) is 30.0 Å². The molecule has 1 aromatic carbocycles. The molecule has 0 heterocycles. The van der Waals surface area contributed by atoms with Crippen LogP contribution in [0.3, 0.4) is 0 Å². The summed E-state index contributed by atoms with van der Waals surface area (Å²) in [7, 11) is 0. The molecule has 0 aliphatic heterocycles. The molecular formula is C23H29ClO5. The largest absolute Gasteiger partial charge is 0.494 e. The van der Waals surface area contributed by atoms with Gasteiger partial charge in [0.05, 0.1) is 12.7 Å². The Morgan fingerprint density at radius 1 is 1.17 bits per heavy atom. The first-order chi connectivity index (χ1) is 13.9. The Morgan fingerprint density at radius 2 is 2.00 bits per heavy atom. The Balaban J connectivity index is 1.42. The average molecular weight is 421 g/mol. The molecule has 4 atom stereocenters. The molecule has 158 valence electrons. The van der Waals surface area contributed by atoms with Crippen molar-refractivity contribution in [2.75, 3.05) is 6.61 Å². The lowest BCUT2D eigenvalue weighted by atomic mass is 9.84. The number of carboxylic acids is 1. The van der Waals surface area contributed by atoms with Gasteiger partial charge in [-0.2, -0.15) is 0 Å². The quantitative estimate of drug-likeness (QED) is 0.402. The molecule has 0 bridgehead atoms. The van der Waals surface area contributed by atoms with E-state index in [4.69, 9.17) is 21.4 Å². The lowest BCUT2D eigenvalue weighted by Gasteiger charge is -2.20. The normalized spacial score (nSPS) is 25.5. The zero-order valence-corrected chi connectivity index (χ0v) is 17.3. The fraction of sp³-hybridized carbons (Fsp3) is 0.565. The number of halogens is 1. The van der Waals surface area contributed by atoms with Crippen LogP contribution in [0.25, 0.3) is 0 Å². The number of unbranched alkanes of at least 4 members (excludes halogenated alkanes) is 1. The molecule has 0 unspecified atom stereocenters. The second kappa shape index (κ2) is 10.3. The van der Waals surface area contributed by atoms with Crippen LogP contribution in [-0.2, 0) is 9.59 Å². The minimum absolute atomic E-state index is 0.125. The van der Waals surface area contributed by atoms with Crippen LogP contribution >= 0.6 is 11.6 Å². The van der Waals surface area contributed by atoms with Crippen LogP contribution < -0.4 is 4.74 Å². The van der Waals surface area contributed by atoms with Crippen molar-refractivity contribution in [3.05, 3.63) is 40.9 Å². The maximum Gasteiger partial charge on any atom is 0.303 e. The zero-order chi connectivity index (χ0) is 20.8. The highest BCUT2D eigenvalue weighted by molar-refractivity contribution is 6.30. The number of Topliss-reactive ketones (excluding diaryl/α,β-unsaturated/α-hetero) is 1. The molecule has 0 radical (unpaired) electrons. The van der Waals surface area contributed by atoms with Gasteiger partial charge in [0, 0.05) is 23.8 Å². The Labute approximate surface area is 176 Å². The predicted molar refractivity (Wildman–Crippen MR) is 111 cm³/mol. The van der Waals surface area contributed by atoms with E-state index in [0.29, 0.717) is 43.1 Å². The fourth-order valence-electron chi connectivity index (χ4n) is 4.72. The molecule has 6 heteroatoms. The van der Waals surface area contributed by atoms with E-state index in [1.54, 1.807) is 12.1 Å². The van der Waals surface area contributed by atoms with Crippen molar-refractivity contribution in [2.45, 2.75) is 57.5 Å². The van der Waals surface area contributed by atoms with Crippen LogP contribution in [0.5, 0.6) is 5.75 Å². The van der Waals surface area contributed by atoms with Gasteiger partial charge in [-0.05, 0) is 68.6 Å². The van der Waals surface area contributed by atoms with Gasteiger partial charge in [-0.3, -0.25) is 9.59 Å². The van der Waals surface area contributed by atoms with Crippen LogP contribution in [0.1, 0.15) is 51.4 Å². The van der Waals surface area contributed by atoms with E-state index < -0.39 is 12.1 Å². The number of ether oxygens (including phenoxy) is 1. The summed E-state index contributed by atoms with van der Waals surface area (Å²) in [4.78, 5) is 23.4. The van der Waals surface area contributed by atoms with Crippen molar-refractivity contribution in [2.24, 2.45) is 17.8 Å². The van der Waals surface area contributed by atoms with Crippen molar-refractivity contribution < 1.29 is 24.5 Å². The van der Waals surface area contributed by atoms with Crippen LogP contribution in [0.2, 0.25) is 5.02 Å². The summed E-state index contributed by atoms with van der Waals surface area (Å²) < 4.78 is 5.65. The molecule has 0 aromatic heterocycles.